The number of rotatable bonds is 4. The zero-order valence-electron chi connectivity index (χ0n) is 16.1. The van der Waals surface area contributed by atoms with Gasteiger partial charge in [0.15, 0.2) is 17.6 Å². The normalized spacial score (nSPS) is 18.1. The fourth-order valence-corrected chi connectivity index (χ4v) is 3.70. The number of nitrogens with one attached hydrogen (secondary N) is 1. The Morgan fingerprint density at radius 1 is 1.17 bits per heavy atom. The van der Waals surface area contributed by atoms with E-state index in [9.17, 15) is 14.9 Å². The fourth-order valence-electron chi connectivity index (χ4n) is 3.54. The van der Waals surface area contributed by atoms with E-state index >= 15 is 0 Å². The van der Waals surface area contributed by atoms with E-state index in [1.165, 1.54) is 6.07 Å². The number of benzene rings is 2. The van der Waals surface area contributed by atoms with Crippen molar-refractivity contribution >= 4 is 29.0 Å². The molecule has 9 nitrogen and oxygen atoms in total. The highest BCUT2D eigenvalue weighted by molar-refractivity contribution is 6.30. The lowest BCUT2D eigenvalue weighted by molar-refractivity contribution is -0.384. The number of nitro benzene ring substituents is 1. The van der Waals surface area contributed by atoms with E-state index in [2.05, 4.69) is 5.32 Å². The molecule has 0 saturated carbocycles. The number of ether oxygens (including phenoxy) is 2. The number of para-hydroxylation sites is 2. The summed E-state index contributed by atoms with van der Waals surface area (Å²) < 4.78 is 11.5. The Hall–Kier alpha value is -3.20. The van der Waals surface area contributed by atoms with Crippen LogP contribution in [0.25, 0.3) is 0 Å². The summed E-state index contributed by atoms with van der Waals surface area (Å²) >= 11 is 5.89. The van der Waals surface area contributed by atoms with Crippen molar-refractivity contribution in [3.63, 3.8) is 0 Å². The fraction of sp³-hybridized carbons (Fsp3) is 0.350. The summed E-state index contributed by atoms with van der Waals surface area (Å²) in [4.78, 5) is 27.0. The lowest BCUT2D eigenvalue weighted by atomic mass is 10.2. The number of carbonyl (C=O) groups excluding carboxylic acids is 1. The van der Waals surface area contributed by atoms with Gasteiger partial charge >= 0.3 is 6.03 Å². The number of nitro groups is 1. The average Bonchev–Trinajstić information content (AvgIpc) is 2.77. The Morgan fingerprint density at radius 3 is 2.63 bits per heavy atom. The van der Waals surface area contributed by atoms with Gasteiger partial charge in [-0.3, -0.25) is 10.1 Å². The summed E-state index contributed by atoms with van der Waals surface area (Å²) in [6.07, 6.45) is -0.262. The van der Waals surface area contributed by atoms with Crippen LogP contribution in [-0.2, 0) is 0 Å². The van der Waals surface area contributed by atoms with E-state index in [0.29, 0.717) is 61.5 Å². The molecule has 1 fully saturated rings. The summed E-state index contributed by atoms with van der Waals surface area (Å²) in [5, 5.41) is 14.5. The van der Waals surface area contributed by atoms with Crippen LogP contribution in [0.3, 0.4) is 0 Å². The van der Waals surface area contributed by atoms with Crippen molar-refractivity contribution in [2.24, 2.45) is 0 Å². The second-order valence-electron chi connectivity index (χ2n) is 7.05. The molecule has 0 radical (unpaired) electrons. The standard InChI is InChI=1S/C20H21ClN4O5/c21-14-5-6-16(17(11-14)25(27)28)23-7-9-24(10-8-23)20(26)22-12-15-13-29-18-3-1-2-4-19(18)30-15/h1-6,11,15H,7-10,12-13H2,(H,22,26)/t15-/m0/s1. The topological polar surface area (TPSA) is 97.2 Å². The lowest BCUT2D eigenvalue weighted by Gasteiger charge is -2.36. The minimum atomic E-state index is -0.440. The maximum absolute atomic E-state index is 12.5. The minimum Gasteiger partial charge on any atom is -0.486 e. The van der Waals surface area contributed by atoms with Gasteiger partial charge < -0.3 is 24.6 Å². The number of nitrogens with zero attached hydrogens (tertiary/aromatic N) is 3. The molecule has 0 aliphatic carbocycles. The monoisotopic (exact) mass is 432 g/mol. The third kappa shape index (κ3) is 4.35. The summed E-state index contributed by atoms with van der Waals surface area (Å²) in [6, 6.07) is 11.9. The summed E-state index contributed by atoms with van der Waals surface area (Å²) in [7, 11) is 0. The van der Waals surface area contributed by atoms with Gasteiger partial charge in [0.2, 0.25) is 0 Å². The Kier molecular flexibility index (Phi) is 5.80. The second-order valence-corrected chi connectivity index (χ2v) is 7.48. The first kappa shape index (κ1) is 20.1. The van der Waals surface area contributed by atoms with E-state index in [1.807, 2.05) is 29.2 Å². The molecule has 10 heteroatoms. The molecule has 0 unspecified atom stereocenters. The highest BCUT2D eigenvalue weighted by atomic mass is 35.5. The van der Waals surface area contributed by atoms with E-state index < -0.39 is 4.92 Å². The first-order valence-corrected chi connectivity index (χ1v) is 9.99. The molecule has 1 atom stereocenters. The molecule has 158 valence electrons. The molecule has 2 aromatic carbocycles. The van der Waals surface area contributed by atoms with Crippen LogP contribution in [-0.4, -0.2) is 61.3 Å². The smallest absolute Gasteiger partial charge is 0.317 e. The maximum Gasteiger partial charge on any atom is 0.317 e. The quantitative estimate of drug-likeness (QED) is 0.589. The molecule has 2 heterocycles. The van der Waals surface area contributed by atoms with Gasteiger partial charge in [-0.1, -0.05) is 23.7 Å². The first-order chi connectivity index (χ1) is 14.5. The molecule has 1 N–H and O–H groups in total. The summed E-state index contributed by atoms with van der Waals surface area (Å²) in [5.41, 5.74) is 0.478. The molecule has 30 heavy (non-hydrogen) atoms. The highest BCUT2D eigenvalue weighted by Crippen LogP contribution is 2.32. The molecule has 2 amide bonds. The molecule has 0 spiro atoms. The maximum atomic E-state index is 12.5. The zero-order valence-corrected chi connectivity index (χ0v) is 16.9. The van der Waals surface area contributed by atoms with Crippen molar-refractivity contribution < 1.29 is 19.2 Å². The van der Waals surface area contributed by atoms with Crippen LogP contribution in [0.1, 0.15) is 0 Å². The Balaban J connectivity index is 1.29. The second kappa shape index (κ2) is 8.66. The number of carbonyl (C=O) groups is 1. The largest absolute Gasteiger partial charge is 0.486 e. The van der Waals surface area contributed by atoms with Gasteiger partial charge in [0.25, 0.3) is 5.69 Å². The molecular weight excluding hydrogens is 412 g/mol. The summed E-state index contributed by atoms with van der Waals surface area (Å²) in [6.45, 7) is 2.59. The van der Waals surface area contributed by atoms with Crippen LogP contribution in [0.15, 0.2) is 42.5 Å². The molecule has 1 saturated heterocycles. The van der Waals surface area contributed by atoms with Crippen LogP contribution in [0.4, 0.5) is 16.2 Å². The van der Waals surface area contributed by atoms with Gasteiger partial charge in [0.1, 0.15) is 12.3 Å². The van der Waals surface area contributed by atoms with E-state index in [4.69, 9.17) is 21.1 Å². The predicted molar refractivity (Wildman–Crippen MR) is 112 cm³/mol. The predicted octanol–water partition coefficient (Wildman–Crippen LogP) is 2.92. The van der Waals surface area contributed by atoms with Gasteiger partial charge in [-0.15, -0.1) is 0 Å². The van der Waals surface area contributed by atoms with Crippen LogP contribution < -0.4 is 19.7 Å². The van der Waals surface area contributed by atoms with E-state index in [-0.39, 0.29) is 17.8 Å². The number of halogens is 1. The number of urea groups is 1. The third-order valence-electron chi connectivity index (χ3n) is 5.09. The molecule has 2 aliphatic rings. The molecular formula is C20H21ClN4O5. The van der Waals surface area contributed by atoms with Crippen molar-refractivity contribution in [2.75, 3.05) is 44.2 Å². The number of fused-ring (bicyclic) bond motifs is 1. The van der Waals surface area contributed by atoms with E-state index in [0.717, 1.165) is 0 Å². The number of anilines is 1. The van der Waals surface area contributed by atoms with Crippen molar-refractivity contribution in [1.82, 2.24) is 10.2 Å². The average molecular weight is 433 g/mol. The molecule has 4 rings (SSSR count). The zero-order chi connectivity index (χ0) is 21.1. The highest BCUT2D eigenvalue weighted by Gasteiger charge is 2.27. The number of hydrogen-bond donors (Lipinski definition) is 1. The van der Waals surface area contributed by atoms with E-state index in [1.54, 1.807) is 17.0 Å². The third-order valence-corrected chi connectivity index (χ3v) is 5.33. The van der Waals surface area contributed by atoms with Crippen molar-refractivity contribution in [1.29, 1.82) is 0 Å². The van der Waals surface area contributed by atoms with Gasteiger partial charge in [0.05, 0.1) is 11.5 Å². The first-order valence-electron chi connectivity index (χ1n) is 9.61. The molecule has 0 bridgehead atoms. The van der Waals surface area contributed by atoms with Crippen molar-refractivity contribution in [3.8, 4) is 11.5 Å². The Morgan fingerprint density at radius 2 is 1.90 bits per heavy atom. The number of hydrogen-bond acceptors (Lipinski definition) is 6. The van der Waals surface area contributed by atoms with Crippen LogP contribution >= 0.6 is 11.6 Å². The van der Waals surface area contributed by atoms with Gasteiger partial charge in [-0.25, -0.2) is 4.79 Å². The SMILES string of the molecule is O=C(NC[C@H]1COc2ccccc2O1)N1CCN(c2ccc(Cl)cc2[N+](=O)[O-])CC1. The minimum absolute atomic E-state index is 0.0323. The van der Waals surface area contributed by atoms with Crippen LogP contribution in [0.2, 0.25) is 5.02 Å². The van der Waals surface area contributed by atoms with Crippen LogP contribution in [0, 0.1) is 10.1 Å². The van der Waals surface area contributed by atoms with Gasteiger partial charge in [0, 0.05) is 37.3 Å². The van der Waals surface area contributed by atoms with Crippen molar-refractivity contribution in [3.05, 3.63) is 57.6 Å². The Labute approximate surface area is 178 Å². The molecule has 0 aromatic heterocycles. The Bertz CT molecular complexity index is 949. The van der Waals surface area contributed by atoms with Crippen molar-refractivity contribution in [2.45, 2.75) is 6.10 Å². The summed E-state index contributed by atoms with van der Waals surface area (Å²) in [5.74, 6) is 1.37. The number of piperazine rings is 1. The number of amides is 2. The molecule has 2 aliphatic heterocycles. The van der Waals surface area contributed by atoms with Gasteiger partial charge in [-0.2, -0.15) is 0 Å². The van der Waals surface area contributed by atoms with Crippen LogP contribution in [0.5, 0.6) is 11.5 Å². The van der Waals surface area contributed by atoms with Gasteiger partial charge in [-0.05, 0) is 24.3 Å². The lowest BCUT2D eigenvalue weighted by Crippen LogP contribution is -2.53. The molecule has 2 aromatic rings.